The van der Waals surface area contributed by atoms with Crippen molar-refractivity contribution in [3.05, 3.63) is 376 Å². The van der Waals surface area contributed by atoms with Crippen LogP contribution in [-0.2, 0) is 61.5 Å². The van der Waals surface area contributed by atoms with E-state index < -0.39 is 14.0 Å². The number of hydrogen-bond donors (Lipinski definition) is 0. The van der Waals surface area contributed by atoms with Crippen LogP contribution in [0.25, 0.3) is 166 Å². The molecule has 116 heavy (non-hydrogen) atoms. The Morgan fingerprint density at radius 1 is 0.319 bits per heavy atom. The third-order valence-corrected chi connectivity index (χ3v) is 21.6. The number of ether oxygens (including phenoxy) is 2. The van der Waals surface area contributed by atoms with E-state index in [1.807, 2.05) is 206 Å². The second kappa shape index (κ2) is 29.5. The first kappa shape index (κ1) is 66.0. The molecule has 12 nitrogen and oxygen atoms in total. The van der Waals surface area contributed by atoms with Crippen molar-refractivity contribution in [1.29, 1.82) is 0 Å². The summed E-state index contributed by atoms with van der Waals surface area (Å²) < 4.78 is 80.5. The Labute approximate surface area is 706 Å². The molecule has 0 bridgehead atoms. The molecule has 0 saturated carbocycles. The van der Waals surface area contributed by atoms with Crippen LogP contribution in [0.3, 0.4) is 0 Å². The third-order valence-electron chi connectivity index (χ3n) is 21.6. The molecule has 0 fully saturated rings. The van der Waals surface area contributed by atoms with Crippen LogP contribution in [-0.4, -0.2) is 37.4 Å². The van der Waals surface area contributed by atoms with Crippen molar-refractivity contribution < 1.29 is 69.0 Å². The molecule has 0 N–H and O–H groups in total. The molecule has 0 unspecified atom stereocenters. The second-order valence-corrected chi connectivity index (χ2v) is 29.4. The van der Waals surface area contributed by atoms with Gasteiger partial charge in [0.25, 0.3) is 0 Å². The minimum Gasteiger partial charge on any atom is -0.510 e. The monoisotopic (exact) mass is 1860 g/mol. The van der Waals surface area contributed by atoms with Crippen molar-refractivity contribution in [3.63, 3.8) is 0 Å². The molecule has 0 aliphatic carbocycles. The molecule has 564 valence electrons. The van der Waals surface area contributed by atoms with Gasteiger partial charge in [0.15, 0.2) is 0 Å². The van der Waals surface area contributed by atoms with E-state index in [0.29, 0.717) is 56.4 Å². The molecule has 0 aliphatic heterocycles. The first-order chi connectivity index (χ1) is 58.5. The minimum absolute atomic E-state index is 0. The van der Waals surface area contributed by atoms with E-state index in [2.05, 4.69) is 201 Å². The van der Waals surface area contributed by atoms with Crippen LogP contribution in [0.15, 0.2) is 334 Å². The van der Waals surface area contributed by atoms with Crippen LogP contribution in [0.2, 0.25) is 0 Å². The number of benzene rings is 14. The quantitative estimate of drug-likeness (QED) is 0.0901. The van der Waals surface area contributed by atoms with Gasteiger partial charge in [-0.3, -0.25) is 0 Å². The molecular formula is C102H70N10O2Pt2-4. The number of rotatable bonds is 12. The van der Waals surface area contributed by atoms with E-state index in [-0.39, 0.29) is 47.5 Å². The summed E-state index contributed by atoms with van der Waals surface area (Å²) in [6.45, 7) is 1.51. The fourth-order valence-electron chi connectivity index (χ4n) is 16.8. The zero-order chi connectivity index (χ0) is 81.3. The van der Waals surface area contributed by atoms with Crippen LogP contribution < -0.4 is 18.6 Å². The van der Waals surface area contributed by atoms with Crippen LogP contribution in [0, 0.1) is 36.9 Å². The van der Waals surface area contributed by atoms with Gasteiger partial charge in [0.1, 0.15) is 11.6 Å². The maximum absolute atomic E-state index is 8.87. The average Bonchev–Trinajstić information content (AvgIpc) is 1.54. The summed E-state index contributed by atoms with van der Waals surface area (Å²) >= 11 is 0. The second-order valence-electron chi connectivity index (χ2n) is 29.4. The standard InChI is InChI=1S/C53H39N5O.C49H31N5O.2Pt/c1-53(2,3)44-30-29-42-40-21-9-10-23-45(40)57(35-16-6-5-7-17-35)52(42)50(44)43-22-15-25-47-51(43)55(4)34-56(47)36-18-14-19-37(32-36)59-38-27-28-41-39-20-8-11-24-46(39)58(48(41)33-38)49-26-12-13-31-54-49;1-51-32-52(34-16-11-17-35(30-34)55-36-27-28-39-37-18-5-8-24-44(37)54(46(39)31-36)47-26-9-10-29-50-47)45-25-13-22-42(49(45)51)41-21-12-20-40-38-19-6-7-23-43(38)53(48(40)41)33-14-3-2-4-15-33;;/h5-31H,1-4H3;2-29H,1H3;;/q2*-2;;/i4D3;1D3;;. The van der Waals surface area contributed by atoms with Gasteiger partial charge in [0, 0.05) is 133 Å². The summed E-state index contributed by atoms with van der Waals surface area (Å²) in [5.41, 5.74) is 17.7. The van der Waals surface area contributed by atoms with Crippen LogP contribution in [0.5, 0.6) is 23.0 Å². The maximum Gasteiger partial charge on any atom is 0.242 e. The van der Waals surface area contributed by atoms with E-state index in [1.54, 1.807) is 21.5 Å². The summed E-state index contributed by atoms with van der Waals surface area (Å²) in [6, 6.07) is 121. The van der Waals surface area contributed by atoms with Crippen molar-refractivity contribution in [2.45, 2.75) is 26.2 Å². The minimum atomic E-state index is -2.56. The molecular weight excluding hydrogens is 1790 g/mol. The molecule has 0 atom stereocenters. The summed E-state index contributed by atoms with van der Waals surface area (Å²) in [4.78, 5) is 9.29. The van der Waals surface area contributed by atoms with Gasteiger partial charge in [-0.25, -0.2) is 9.97 Å². The Morgan fingerprint density at radius 3 is 1.18 bits per heavy atom. The maximum atomic E-state index is 8.87. The smallest absolute Gasteiger partial charge is 0.242 e. The van der Waals surface area contributed by atoms with E-state index in [9.17, 15) is 0 Å². The molecule has 22 aromatic rings. The normalized spacial score (nSPS) is 12.7. The molecule has 22 rings (SSSR count). The van der Waals surface area contributed by atoms with Crippen molar-refractivity contribution in [3.8, 4) is 79.6 Å². The molecule has 0 aliphatic rings. The fraction of sp³-hybridized carbons (Fsp3) is 0.0588. The fourth-order valence-corrected chi connectivity index (χ4v) is 16.8. The van der Waals surface area contributed by atoms with Gasteiger partial charge in [-0.05, 0) is 106 Å². The summed E-state index contributed by atoms with van der Waals surface area (Å²) in [6.07, 6.45) is 10.0. The number of fused-ring (bicyclic) bond motifs is 14. The van der Waals surface area contributed by atoms with E-state index >= 15 is 0 Å². The number of hydrogen-bond acceptors (Lipinski definition) is 4. The van der Waals surface area contributed by atoms with Crippen molar-refractivity contribution in [2.24, 2.45) is 14.0 Å². The predicted octanol–water partition coefficient (Wildman–Crippen LogP) is 23.1. The number of aromatic nitrogens is 10. The van der Waals surface area contributed by atoms with Crippen molar-refractivity contribution in [1.82, 2.24) is 37.4 Å². The van der Waals surface area contributed by atoms with Crippen LogP contribution in [0.4, 0.5) is 0 Å². The number of pyridine rings is 2. The van der Waals surface area contributed by atoms with Gasteiger partial charge in [-0.2, -0.15) is 36.4 Å². The summed E-state index contributed by atoms with van der Waals surface area (Å²) in [5.74, 6) is 3.46. The van der Waals surface area contributed by atoms with Crippen LogP contribution >= 0.6 is 0 Å². The number of aryl methyl sites for hydroxylation is 2. The van der Waals surface area contributed by atoms with E-state index in [0.717, 1.165) is 138 Å². The van der Waals surface area contributed by atoms with Gasteiger partial charge in [-0.1, -0.05) is 231 Å². The summed E-state index contributed by atoms with van der Waals surface area (Å²) in [7, 11) is 0. The van der Waals surface area contributed by atoms with Gasteiger partial charge in [-0.15, -0.1) is 59.3 Å². The van der Waals surface area contributed by atoms with Gasteiger partial charge < -0.3 is 46.0 Å². The first-order valence-electron chi connectivity index (χ1n) is 40.8. The zero-order valence-corrected chi connectivity index (χ0v) is 67.2. The molecule has 14 aromatic carbocycles. The Hall–Kier alpha value is -13.5. The number of nitrogens with zero attached hydrogens (tertiary/aromatic N) is 10. The third kappa shape index (κ3) is 12.2. The Kier molecular flexibility index (Phi) is 16.8. The molecule has 14 heteroatoms. The summed E-state index contributed by atoms with van der Waals surface area (Å²) in [5, 5.41) is 8.64. The Balaban J connectivity index is 0.000000158. The Bertz CT molecular complexity index is 7820. The molecule has 0 amide bonds. The van der Waals surface area contributed by atoms with Gasteiger partial charge in [0.2, 0.25) is 12.7 Å². The van der Waals surface area contributed by atoms with Crippen molar-refractivity contribution >= 4 is 109 Å². The van der Waals surface area contributed by atoms with Crippen LogP contribution in [0.1, 0.15) is 34.6 Å². The number of para-hydroxylation sites is 9. The van der Waals surface area contributed by atoms with E-state index in [4.69, 9.17) is 17.7 Å². The molecule has 8 heterocycles. The Morgan fingerprint density at radius 2 is 0.698 bits per heavy atom. The molecule has 8 aromatic heterocycles. The zero-order valence-electron chi connectivity index (χ0n) is 68.7. The molecule has 0 saturated heterocycles. The van der Waals surface area contributed by atoms with Gasteiger partial charge >= 0.3 is 0 Å². The molecule has 0 spiro atoms. The topological polar surface area (TPSA) is 81.6 Å². The number of imidazole rings is 2. The SMILES string of the molecule is [2H]C([2H])([2H])[n+]1[c-]n(-c2[c-]c(Oc3[c-]c4c(cc3)c3ccccc3n4-c3ccccn3)ccc2)c2cccc(-c3c(C(C)(C)C)ccc4c5ccccc5n(-c5ccccc5)c34)c21.[2H]C([2H])([2H])[n+]1[c-]n(-c2[c-]c(Oc3[c-]c4c(cc3)c3ccccc3n4-c3ccccn3)ccc2)c2cccc(-c3cccc4c5ccccc5n(-c5ccccc5)c34)c21.[Pt].[Pt]. The van der Waals surface area contributed by atoms with Crippen molar-refractivity contribution in [2.75, 3.05) is 0 Å². The van der Waals surface area contributed by atoms with Gasteiger partial charge in [0.05, 0.1) is 66.3 Å². The first-order valence-corrected chi connectivity index (χ1v) is 37.8. The van der Waals surface area contributed by atoms with E-state index in [1.165, 1.54) is 9.13 Å². The largest absolute Gasteiger partial charge is 0.510 e. The predicted molar refractivity (Wildman–Crippen MR) is 457 cm³/mol. The molecule has 0 radical (unpaired) electrons. The average molecular weight is 1860 g/mol.